The van der Waals surface area contributed by atoms with Crippen LogP contribution in [0.4, 0.5) is 0 Å². The van der Waals surface area contributed by atoms with Crippen LogP contribution in [0.3, 0.4) is 0 Å². The van der Waals surface area contributed by atoms with Crippen LogP contribution in [0.1, 0.15) is 34.1 Å². The lowest BCUT2D eigenvalue weighted by molar-refractivity contribution is -0.126. The number of aliphatic hydroxyl groups is 2. The quantitative estimate of drug-likeness (QED) is 0.530. The molecule has 3 rings (SSSR count). The molecular weight excluding hydrogens is 308 g/mol. The third-order valence-electron chi connectivity index (χ3n) is 5.73. The molecule has 4 heteroatoms. The van der Waals surface area contributed by atoms with Crippen molar-refractivity contribution in [3.05, 3.63) is 23.8 Å². The molecule has 3 nitrogen and oxygen atoms in total. The highest BCUT2D eigenvalue weighted by Gasteiger charge is 2.75. The minimum Gasteiger partial charge on any atom is -0.389 e. The summed E-state index contributed by atoms with van der Waals surface area (Å²) in [6.45, 7) is 7.93. The fourth-order valence-corrected chi connectivity index (χ4v) is 4.94. The molecule has 1 saturated heterocycles. The molecule has 2 N–H and O–H groups in total. The zero-order valence-corrected chi connectivity index (χ0v) is 13.4. The van der Waals surface area contributed by atoms with E-state index in [0.717, 1.165) is 5.57 Å². The van der Waals surface area contributed by atoms with E-state index in [1.165, 1.54) is 0 Å². The predicted octanol–water partition coefficient (Wildman–Crippen LogP) is 2.52. The summed E-state index contributed by atoms with van der Waals surface area (Å²) in [5.74, 6) is 0. The average Bonchev–Trinajstić information content (AvgIpc) is 2.38. The van der Waals surface area contributed by atoms with Crippen LogP contribution in [0, 0.1) is 10.8 Å². The van der Waals surface area contributed by atoms with Crippen molar-refractivity contribution in [3.63, 3.8) is 0 Å². The van der Waals surface area contributed by atoms with Crippen molar-refractivity contribution in [2.24, 2.45) is 10.8 Å². The highest BCUT2D eigenvalue weighted by molar-refractivity contribution is 9.10. The molecule has 2 aliphatic carbocycles. The second kappa shape index (κ2) is 3.53. The first kappa shape index (κ1) is 13.8. The van der Waals surface area contributed by atoms with Crippen LogP contribution in [-0.4, -0.2) is 32.5 Å². The largest absolute Gasteiger partial charge is 0.389 e. The van der Waals surface area contributed by atoms with Crippen LogP contribution in [-0.2, 0) is 4.74 Å². The number of rotatable bonds is 0. The molecule has 19 heavy (non-hydrogen) atoms. The Morgan fingerprint density at radius 3 is 2.58 bits per heavy atom. The van der Waals surface area contributed by atoms with E-state index in [2.05, 4.69) is 29.8 Å². The molecule has 0 aromatic carbocycles. The zero-order chi connectivity index (χ0) is 14.3. The summed E-state index contributed by atoms with van der Waals surface area (Å²) >= 11 is 3.70. The first-order chi connectivity index (χ1) is 8.57. The summed E-state index contributed by atoms with van der Waals surface area (Å²) in [6.07, 6.45) is 5.49. The van der Waals surface area contributed by atoms with Crippen LogP contribution in [0.15, 0.2) is 23.8 Å². The SMILES string of the molecule is CC1=CC2OC3(Br)C=CC(C)(O)C2(CC1O)C3(C)C. The molecule has 0 aromatic heterocycles. The Morgan fingerprint density at radius 2 is 1.95 bits per heavy atom. The number of alkyl halides is 1. The molecule has 1 fully saturated rings. The van der Waals surface area contributed by atoms with E-state index in [0.29, 0.717) is 6.42 Å². The van der Waals surface area contributed by atoms with Gasteiger partial charge in [-0.05, 0) is 47.8 Å². The summed E-state index contributed by atoms with van der Waals surface area (Å²) in [4.78, 5) is 0. The fourth-order valence-electron chi connectivity index (χ4n) is 4.25. The molecule has 0 aromatic rings. The first-order valence-corrected chi connectivity index (χ1v) is 7.53. The Balaban J connectivity index is 2.28. The minimum atomic E-state index is -1.01. The number of hydrogen-bond acceptors (Lipinski definition) is 3. The summed E-state index contributed by atoms with van der Waals surface area (Å²) in [5.41, 5.74) is -0.948. The van der Waals surface area contributed by atoms with Crippen LogP contribution in [0.25, 0.3) is 0 Å². The van der Waals surface area contributed by atoms with E-state index in [4.69, 9.17) is 4.74 Å². The van der Waals surface area contributed by atoms with Gasteiger partial charge in [-0.1, -0.05) is 26.0 Å². The van der Waals surface area contributed by atoms with Gasteiger partial charge in [-0.3, -0.25) is 0 Å². The number of hydrogen-bond donors (Lipinski definition) is 2. The van der Waals surface area contributed by atoms with Crippen LogP contribution < -0.4 is 0 Å². The van der Waals surface area contributed by atoms with Gasteiger partial charge in [0.05, 0.1) is 17.8 Å². The predicted molar refractivity (Wildman–Crippen MR) is 76.9 cm³/mol. The van der Waals surface area contributed by atoms with Gasteiger partial charge in [-0.15, -0.1) is 0 Å². The summed E-state index contributed by atoms with van der Waals surface area (Å²) in [7, 11) is 0. The molecule has 106 valence electrons. The fraction of sp³-hybridized carbons (Fsp3) is 0.733. The Bertz CT molecular complexity index is 494. The maximum atomic E-state index is 11.0. The maximum Gasteiger partial charge on any atom is 0.147 e. The Hall–Kier alpha value is -0.160. The molecule has 0 amide bonds. The van der Waals surface area contributed by atoms with E-state index in [9.17, 15) is 10.2 Å². The van der Waals surface area contributed by atoms with Gasteiger partial charge in [0.15, 0.2) is 0 Å². The van der Waals surface area contributed by atoms with E-state index in [1.807, 2.05) is 32.1 Å². The van der Waals surface area contributed by atoms with Crippen molar-refractivity contribution in [3.8, 4) is 0 Å². The van der Waals surface area contributed by atoms with Gasteiger partial charge in [0.1, 0.15) is 4.51 Å². The lowest BCUT2D eigenvalue weighted by Crippen LogP contribution is -2.62. The summed E-state index contributed by atoms with van der Waals surface area (Å²) < 4.78 is 5.63. The highest BCUT2D eigenvalue weighted by atomic mass is 79.9. The van der Waals surface area contributed by atoms with Crippen LogP contribution >= 0.6 is 15.9 Å². The highest BCUT2D eigenvalue weighted by Crippen LogP contribution is 2.71. The third kappa shape index (κ3) is 1.34. The summed E-state index contributed by atoms with van der Waals surface area (Å²) in [5, 5.41) is 21.3. The van der Waals surface area contributed by atoms with Gasteiger partial charge in [-0.25, -0.2) is 0 Å². The van der Waals surface area contributed by atoms with Crippen LogP contribution in [0.2, 0.25) is 0 Å². The lowest BCUT2D eigenvalue weighted by Gasteiger charge is -2.57. The monoisotopic (exact) mass is 328 g/mol. The molecule has 5 unspecified atom stereocenters. The van der Waals surface area contributed by atoms with E-state index in [1.54, 1.807) is 0 Å². The van der Waals surface area contributed by atoms with Gasteiger partial charge in [-0.2, -0.15) is 0 Å². The molecule has 2 bridgehead atoms. The van der Waals surface area contributed by atoms with Gasteiger partial charge in [0.25, 0.3) is 0 Å². The zero-order valence-electron chi connectivity index (χ0n) is 11.8. The maximum absolute atomic E-state index is 11.0. The molecule has 3 aliphatic rings. The second-order valence-corrected chi connectivity index (χ2v) is 8.07. The minimum absolute atomic E-state index is 0.199. The first-order valence-electron chi connectivity index (χ1n) is 6.73. The molecule has 1 spiro atoms. The van der Waals surface area contributed by atoms with Crippen molar-refractivity contribution in [1.29, 1.82) is 0 Å². The molecule has 1 aliphatic heterocycles. The Kier molecular flexibility index (Phi) is 2.57. The van der Waals surface area contributed by atoms with E-state index < -0.39 is 21.6 Å². The standard InChI is InChI=1S/C15H21BrO3/c1-9-7-11-14(8-10(9)17)12(2,3)15(16,19-11)6-5-13(14,4)18/h5-7,10-11,17-18H,8H2,1-4H3. The van der Waals surface area contributed by atoms with Gasteiger partial charge >= 0.3 is 0 Å². The Morgan fingerprint density at radius 1 is 1.32 bits per heavy atom. The second-order valence-electron chi connectivity index (χ2n) is 6.89. The van der Waals surface area contributed by atoms with Crippen molar-refractivity contribution >= 4 is 15.9 Å². The smallest absolute Gasteiger partial charge is 0.147 e. The molecule has 5 atom stereocenters. The Labute approximate surface area is 122 Å². The van der Waals surface area contributed by atoms with E-state index >= 15 is 0 Å². The van der Waals surface area contributed by atoms with Crippen molar-refractivity contribution < 1.29 is 14.9 Å². The summed E-state index contributed by atoms with van der Waals surface area (Å²) in [6, 6.07) is 0. The number of fused-ring (bicyclic) bond motifs is 1. The normalized spacial score (nSPS) is 54.8. The van der Waals surface area contributed by atoms with Crippen LogP contribution in [0.5, 0.6) is 0 Å². The third-order valence-corrected chi connectivity index (χ3v) is 7.17. The number of ether oxygens (including phenoxy) is 1. The van der Waals surface area contributed by atoms with Crippen molar-refractivity contribution in [2.45, 2.75) is 56.4 Å². The van der Waals surface area contributed by atoms with E-state index in [-0.39, 0.29) is 11.5 Å². The molecular formula is C15H21BrO3. The van der Waals surface area contributed by atoms with Gasteiger partial charge in [0, 0.05) is 10.8 Å². The van der Waals surface area contributed by atoms with Gasteiger partial charge in [0.2, 0.25) is 0 Å². The number of halogens is 1. The average molecular weight is 329 g/mol. The topological polar surface area (TPSA) is 49.7 Å². The van der Waals surface area contributed by atoms with Gasteiger partial charge < -0.3 is 14.9 Å². The lowest BCUT2D eigenvalue weighted by atomic mass is 9.48. The number of aliphatic hydroxyl groups excluding tert-OH is 1. The van der Waals surface area contributed by atoms with Crippen molar-refractivity contribution in [1.82, 2.24) is 0 Å². The van der Waals surface area contributed by atoms with Crippen molar-refractivity contribution in [2.75, 3.05) is 0 Å². The molecule has 0 radical (unpaired) electrons. The molecule has 1 heterocycles. The molecule has 0 saturated carbocycles.